The summed E-state index contributed by atoms with van der Waals surface area (Å²) in [5.74, 6) is -0.145. The van der Waals surface area contributed by atoms with Crippen LogP contribution in [-0.2, 0) is 15.6 Å². The summed E-state index contributed by atoms with van der Waals surface area (Å²) in [5.41, 5.74) is -0.0904. The van der Waals surface area contributed by atoms with E-state index in [9.17, 15) is 17.6 Å². The lowest BCUT2D eigenvalue weighted by Crippen LogP contribution is -2.44. The van der Waals surface area contributed by atoms with Gasteiger partial charge in [0.15, 0.2) is 5.82 Å². The number of benzene rings is 2. The van der Waals surface area contributed by atoms with Gasteiger partial charge in [-0.3, -0.25) is 9.52 Å². The van der Waals surface area contributed by atoms with Crippen LogP contribution in [0.2, 0.25) is 5.02 Å². The lowest BCUT2D eigenvalue weighted by atomic mass is 9.96. The zero-order chi connectivity index (χ0) is 22.9. The Morgan fingerprint density at radius 2 is 1.84 bits per heavy atom. The van der Waals surface area contributed by atoms with Crippen molar-refractivity contribution < 1.29 is 22.1 Å². The molecule has 0 radical (unpaired) electrons. The fourth-order valence-electron chi connectivity index (χ4n) is 3.71. The van der Waals surface area contributed by atoms with E-state index < -0.39 is 21.4 Å². The molecular weight excluding hydrogens is 459 g/mol. The molecule has 8 nitrogen and oxygen atoms in total. The summed E-state index contributed by atoms with van der Waals surface area (Å²) < 4.78 is 45.8. The molecular formula is C21H20ClFN4O4S. The average molecular weight is 479 g/mol. The summed E-state index contributed by atoms with van der Waals surface area (Å²) in [4.78, 5) is 17.0. The van der Waals surface area contributed by atoms with Crippen molar-refractivity contribution in [2.75, 3.05) is 4.72 Å². The van der Waals surface area contributed by atoms with Gasteiger partial charge in [-0.25, -0.2) is 12.8 Å². The first kappa shape index (κ1) is 22.2. The Balaban J connectivity index is 1.49. The van der Waals surface area contributed by atoms with E-state index in [0.29, 0.717) is 30.1 Å². The van der Waals surface area contributed by atoms with Gasteiger partial charge >= 0.3 is 0 Å². The number of anilines is 1. The van der Waals surface area contributed by atoms with Gasteiger partial charge in [-0.05, 0) is 55.3 Å². The Morgan fingerprint density at radius 3 is 2.44 bits per heavy atom. The molecule has 1 aromatic heterocycles. The highest BCUT2D eigenvalue weighted by Crippen LogP contribution is 2.37. The van der Waals surface area contributed by atoms with E-state index in [1.54, 1.807) is 6.92 Å². The zero-order valence-corrected chi connectivity index (χ0v) is 18.6. The average Bonchev–Trinajstić information content (AvgIpc) is 3.40. The molecule has 0 aliphatic heterocycles. The van der Waals surface area contributed by atoms with Crippen molar-refractivity contribution in [1.82, 2.24) is 15.5 Å². The lowest BCUT2D eigenvalue weighted by molar-refractivity contribution is 0.0892. The van der Waals surface area contributed by atoms with Crippen molar-refractivity contribution in [3.63, 3.8) is 0 Å². The SMILES string of the molecule is Cc1nc(C2(NC(=O)c3ccc(NS(=O)(=O)c4ccc(F)c(Cl)c4)cc3)CCCC2)no1. The van der Waals surface area contributed by atoms with Gasteiger partial charge in [0.2, 0.25) is 5.89 Å². The number of amides is 1. The third kappa shape index (κ3) is 4.46. The van der Waals surface area contributed by atoms with Crippen molar-refractivity contribution in [1.29, 1.82) is 0 Å². The minimum Gasteiger partial charge on any atom is -0.340 e. The van der Waals surface area contributed by atoms with Crippen LogP contribution in [0.3, 0.4) is 0 Å². The van der Waals surface area contributed by atoms with Crippen LogP contribution < -0.4 is 10.0 Å². The lowest BCUT2D eigenvalue weighted by Gasteiger charge is -2.26. The van der Waals surface area contributed by atoms with Crippen LogP contribution in [-0.4, -0.2) is 24.5 Å². The molecule has 4 rings (SSSR count). The molecule has 0 spiro atoms. The fourth-order valence-corrected chi connectivity index (χ4v) is 5.04. The molecule has 168 valence electrons. The molecule has 1 aliphatic carbocycles. The Labute approximate surface area is 189 Å². The summed E-state index contributed by atoms with van der Waals surface area (Å²) in [6.45, 7) is 1.70. The molecule has 2 N–H and O–H groups in total. The first-order valence-electron chi connectivity index (χ1n) is 9.90. The second-order valence-corrected chi connectivity index (χ2v) is 9.73. The third-order valence-electron chi connectivity index (χ3n) is 5.37. The number of sulfonamides is 1. The predicted octanol–water partition coefficient (Wildman–Crippen LogP) is 4.17. The summed E-state index contributed by atoms with van der Waals surface area (Å²) >= 11 is 5.68. The number of aromatic nitrogens is 2. The highest BCUT2D eigenvalue weighted by atomic mass is 35.5. The number of hydrogen-bond donors (Lipinski definition) is 2. The largest absolute Gasteiger partial charge is 0.340 e. The normalized spacial score (nSPS) is 15.5. The quantitative estimate of drug-likeness (QED) is 0.549. The minimum absolute atomic E-state index is 0.177. The zero-order valence-electron chi connectivity index (χ0n) is 17.1. The van der Waals surface area contributed by atoms with Gasteiger partial charge in [0.05, 0.1) is 9.92 Å². The van der Waals surface area contributed by atoms with Crippen LogP contribution in [0, 0.1) is 12.7 Å². The third-order valence-corrected chi connectivity index (χ3v) is 7.03. The van der Waals surface area contributed by atoms with E-state index in [2.05, 4.69) is 20.2 Å². The van der Waals surface area contributed by atoms with Crippen molar-refractivity contribution >= 4 is 33.2 Å². The number of rotatable bonds is 6. The fraction of sp³-hybridized carbons (Fsp3) is 0.286. The highest BCUT2D eigenvalue weighted by molar-refractivity contribution is 7.92. The maximum Gasteiger partial charge on any atom is 0.261 e. The molecule has 0 saturated heterocycles. The van der Waals surface area contributed by atoms with Crippen molar-refractivity contribution in [3.05, 3.63) is 70.6 Å². The van der Waals surface area contributed by atoms with Crippen LogP contribution in [0.15, 0.2) is 51.9 Å². The molecule has 1 aliphatic rings. The number of aryl methyl sites for hydroxylation is 1. The standard InChI is InChI=1S/C21H20ClFN4O4S/c1-13-24-20(26-31-13)21(10-2-3-11-21)25-19(28)14-4-6-15(7-5-14)27-32(29,30)16-8-9-18(23)17(22)12-16/h4-9,12,27H,2-3,10-11H2,1H3,(H,25,28). The Kier molecular flexibility index (Phi) is 5.91. The molecule has 11 heteroatoms. The van der Waals surface area contributed by atoms with Crippen molar-refractivity contribution in [3.8, 4) is 0 Å². The van der Waals surface area contributed by atoms with E-state index >= 15 is 0 Å². The Hall–Kier alpha value is -2.98. The summed E-state index contributed by atoms with van der Waals surface area (Å²) in [5, 5.41) is 6.74. The second kappa shape index (κ2) is 8.51. The Morgan fingerprint density at radius 1 is 1.16 bits per heavy atom. The molecule has 1 fully saturated rings. The van der Waals surface area contributed by atoms with Crippen LogP contribution in [0.5, 0.6) is 0 Å². The van der Waals surface area contributed by atoms with E-state index in [-0.39, 0.29) is 21.5 Å². The number of hydrogen-bond acceptors (Lipinski definition) is 6. The smallest absolute Gasteiger partial charge is 0.261 e. The van der Waals surface area contributed by atoms with Crippen LogP contribution in [0.4, 0.5) is 10.1 Å². The maximum atomic E-state index is 13.3. The molecule has 2 aromatic carbocycles. The number of nitrogens with zero attached hydrogens (tertiary/aromatic N) is 2. The number of halogens is 2. The van der Waals surface area contributed by atoms with Crippen molar-refractivity contribution in [2.45, 2.75) is 43.0 Å². The summed E-state index contributed by atoms with van der Waals surface area (Å²) in [7, 11) is -3.98. The predicted molar refractivity (Wildman–Crippen MR) is 115 cm³/mol. The minimum atomic E-state index is -3.98. The molecule has 1 saturated carbocycles. The Bertz CT molecular complexity index is 1260. The number of nitrogens with one attached hydrogen (secondary N) is 2. The van der Waals surface area contributed by atoms with E-state index in [1.807, 2.05) is 0 Å². The molecule has 0 unspecified atom stereocenters. The molecule has 32 heavy (non-hydrogen) atoms. The van der Waals surface area contributed by atoms with Gasteiger partial charge in [-0.15, -0.1) is 0 Å². The summed E-state index contributed by atoms with van der Waals surface area (Å²) in [6, 6.07) is 9.08. The van der Waals surface area contributed by atoms with E-state index in [0.717, 1.165) is 31.0 Å². The second-order valence-electron chi connectivity index (χ2n) is 7.64. The molecule has 1 amide bonds. The first-order valence-corrected chi connectivity index (χ1v) is 11.8. The maximum absolute atomic E-state index is 13.3. The monoisotopic (exact) mass is 478 g/mol. The van der Waals surface area contributed by atoms with E-state index in [4.69, 9.17) is 16.1 Å². The molecule has 1 heterocycles. The molecule has 0 bridgehead atoms. The van der Waals surface area contributed by atoms with Crippen LogP contribution in [0.25, 0.3) is 0 Å². The van der Waals surface area contributed by atoms with Crippen molar-refractivity contribution in [2.24, 2.45) is 0 Å². The van der Waals surface area contributed by atoms with Gasteiger partial charge in [-0.1, -0.05) is 29.6 Å². The number of carbonyl (C=O) groups excluding carboxylic acids is 1. The van der Waals surface area contributed by atoms with E-state index in [1.165, 1.54) is 24.3 Å². The van der Waals surface area contributed by atoms with Gasteiger partial charge in [0, 0.05) is 18.2 Å². The summed E-state index contributed by atoms with van der Waals surface area (Å²) in [6.07, 6.45) is 3.27. The first-order chi connectivity index (χ1) is 15.2. The van der Waals surface area contributed by atoms with Gasteiger partial charge in [0.25, 0.3) is 15.9 Å². The molecule has 3 aromatic rings. The van der Waals surface area contributed by atoms with Gasteiger partial charge in [-0.2, -0.15) is 4.98 Å². The highest BCUT2D eigenvalue weighted by Gasteiger charge is 2.41. The van der Waals surface area contributed by atoms with Gasteiger partial charge in [0.1, 0.15) is 11.4 Å². The molecule has 0 atom stereocenters. The topological polar surface area (TPSA) is 114 Å². The van der Waals surface area contributed by atoms with Crippen LogP contribution in [0.1, 0.15) is 47.8 Å². The number of carbonyl (C=O) groups is 1. The van der Waals surface area contributed by atoms with Gasteiger partial charge < -0.3 is 9.84 Å². The van der Waals surface area contributed by atoms with Crippen LogP contribution >= 0.6 is 11.6 Å².